The molecule has 0 saturated heterocycles. The zero-order valence-electron chi connectivity index (χ0n) is 9.37. The highest BCUT2D eigenvalue weighted by Gasteiger charge is 2.41. The number of carboxylic acids is 1. The predicted molar refractivity (Wildman–Crippen MR) is 61.4 cm³/mol. The van der Waals surface area contributed by atoms with Crippen LogP contribution < -0.4 is 0 Å². The molecule has 0 bridgehead atoms. The Morgan fingerprint density at radius 2 is 2.11 bits per heavy atom. The number of carboxylic acid groups (broad SMARTS) is 1. The average molecular weight is 324 g/mol. The summed E-state index contributed by atoms with van der Waals surface area (Å²) in [5.74, 6) is -4.75. The molecule has 0 spiro atoms. The first-order valence-corrected chi connectivity index (χ1v) is 6.37. The van der Waals surface area contributed by atoms with Gasteiger partial charge in [0.05, 0.1) is 0 Å². The normalized spacial score (nSPS) is 21.7. The average Bonchev–Trinajstić information content (AvgIpc) is 2.67. The molecule has 1 saturated carbocycles. The lowest BCUT2D eigenvalue weighted by Gasteiger charge is -2.30. The molecule has 1 aliphatic rings. The lowest BCUT2D eigenvalue weighted by molar-refractivity contribution is -0.142. The third-order valence-electron chi connectivity index (χ3n) is 3.27. The van der Waals surface area contributed by atoms with Gasteiger partial charge >= 0.3 is 5.97 Å². The van der Waals surface area contributed by atoms with Crippen LogP contribution in [0.3, 0.4) is 0 Å². The highest BCUT2D eigenvalue weighted by atomic mass is 79.9. The zero-order valence-corrected chi connectivity index (χ0v) is 11.0. The first-order valence-electron chi connectivity index (χ1n) is 5.57. The van der Waals surface area contributed by atoms with E-state index in [2.05, 4.69) is 31.1 Å². The van der Waals surface area contributed by atoms with Crippen LogP contribution in [0, 0.1) is 5.92 Å². The summed E-state index contributed by atoms with van der Waals surface area (Å²) in [5.41, 5.74) is 0. The Hall–Kier alpha value is -1.05. The van der Waals surface area contributed by atoms with Gasteiger partial charge < -0.3 is 5.11 Å². The fraction of sp³-hybridized carbons (Fsp3) is 0.700. The molecular formula is C10H12BrF2N3O2. The van der Waals surface area contributed by atoms with Crippen LogP contribution in [0.15, 0.2) is 4.73 Å². The number of H-pyrrole nitrogens is 1. The maximum atomic E-state index is 13.1. The van der Waals surface area contributed by atoms with E-state index in [9.17, 15) is 18.7 Å². The molecule has 0 amide bonds. The number of alkyl halides is 2. The molecular weight excluding hydrogens is 312 g/mol. The van der Waals surface area contributed by atoms with Gasteiger partial charge in [0.2, 0.25) is 10.7 Å². The van der Waals surface area contributed by atoms with Crippen molar-refractivity contribution in [1.29, 1.82) is 0 Å². The molecule has 5 nitrogen and oxygen atoms in total. The number of hydrogen-bond donors (Lipinski definition) is 2. The summed E-state index contributed by atoms with van der Waals surface area (Å²) in [6.07, 6.45) is -0.169. The first-order chi connectivity index (χ1) is 8.39. The van der Waals surface area contributed by atoms with Crippen LogP contribution in [0.25, 0.3) is 0 Å². The van der Waals surface area contributed by atoms with Crippen molar-refractivity contribution in [2.75, 3.05) is 0 Å². The second kappa shape index (κ2) is 4.91. The number of hydrogen-bond acceptors (Lipinski definition) is 3. The van der Waals surface area contributed by atoms with Gasteiger partial charge in [-0.2, -0.15) is 0 Å². The van der Waals surface area contributed by atoms with Crippen LogP contribution in [0.5, 0.6) is 0 Å². The van der Waals surface area contributed by atoms with Gasteiger partial charge in [-0.1, -0.05) is 0 Å². The van der Waals surface area contributed by atoms with Crippen molar-refractivity contribution in [3.8, 4) is 0 Å². The summed E-state index contributed by atoms with van der Waals surface area (Å²) < 4.78 is 26.4. The summed E-state index contributed by atoms with van der Waals surface area (Å²) in [5, 5.41) is 15.5. The number of aromatic nitrogens is 3. The molecule has 2 N–H and O–H groups in total. The standard InChI is InChI=1S/C10H12BrF2N3O2/c11-9-14-7(15-16-9)6(8(17)18)5-1-3-10(12,13)4-2-5/h5-6H,1-4H2,(H,17,18)(H,14,15,16). The Morgan fingerprint density at radius 1 is 1.50 bits per heavy atom. The lowest BCUT2D eigenvalue weighted by atomic mass is 9.78. The fourth-order valence-corrected chi connectivity index (χ4v) is 2.61. The topological polar surface area (TPSA) is 78.9 Å². The van der Waals surface area contributed by atoms with Crippen LogP contribution in [-0.4, -0.2) is 32.2 Å². The molecule has 1 heterocycles. The van der Waals surface area contributed by atoms with E-state index < -0.39 is 17.8 Å². The summed E-state index contributed by atoms with van der Waals surface area (Å²) in [7, 11) is 0. The minimum Gasteiger partial charge on any atom is -0.481 e. The predicted octanol–water partition coefficient (Wildman–Crippen LogP) is 2.56. The summed E-state index contributed by atoms with van der Waals surface area (Å²) >= 11 is 3.03. The third-order valence-corrected chi connectivity index (χ3v) is 3.62. The van der Waals surface area contributed by atoms with E-state index in [0.29, 0.717) is 0 Å². The molecule has 100 valence electrons. The number of aromatic amines is 1. The molecule has 1 aliphatic carbocycles. The van der Waals surface area contributed by atoms with Crippen molar-refractivity contribution in [3.63, 3.8) is 0 Å². The second-order valence-corrected chi connectivity index (χ2v) is 5.21. The van der Waals surface area contributed by atoms with Crippen molar-refractivity contribution in [3.05, 3.63) is 10.6 Å². The Morgan fingerprint density at radius 3 is 2.56 bits per heavy atom. The molecule has 1 unspecified atom stereocenters. The molecule has 0 aliphatic heterocycles. The largest absolute Gasteiger partial charge is 0.481 e. The van der Waals surface area contributed by atoms with Gasteiger partial charge in [0.15, 0.2) is 0 Å². The van der Waals surface area contributed by atoms with Crippen LogP contribution >= 0.6 is 15.9 Å². The van der Waals surface area contributed by atoms with Crippen molar-refractivity contribution >= 4 is 21.9 Å². The second-order valence-electron chi connectivity index (χ2n) is 4.50. The number of carbonyl (C=O) groups is 1. The quantitative estimate of drug-likeness (QED) is 0.896. The van der Waals surface area contributed by atoms with E-state index in [1.54, 1.807) is 0 Å². The number of nitrogens with zero attached hydrogens (tertiary/aromatic N) is 2. The summed E-state index contributed by atoms with van der Waals surface area (Å²) in [4.78, 5) is 15.2. The van der Waals surface area contributed by atoms with Gasteiger partial charge in [-0.05, 0) is 34.7 Å². The van der Waals surface area contributed by atoms with Gasteiger partial charge in [-0.15, -0.1) is 5.10 Å². The Bertz CT molecular complexity index is 442. The highest BCUT2D eigenvalue weighted by molar-refractivity contribution is 9.10. The highest BCUT2D eigenvalue weighted by Crippen LogP contribution is 2.41. The monoisotopic (exact) mass is 323 g/mol. The molecule has 1 atom stereocenters. The van der Waals surface area contributed by atoms with Crippen LogP contribution in [0.2, 0.25) is 0 Å². The first kappa shape index (κ1) is 13.4. The molecule has 0 aromatic carbocycles. The van der Waals surface area contributed by atoms with E-state index in [-0.39, 0.29) is 42.2 Å². The maximum Gasteiger partial charge on any atom is 0.314 e. The van der Waals surface area contributed by atoms with Gasteiger partial charge in [-0.3, -0.25) is 9.89 Å². The summed E-state index contributed by atoms with van der Waals surface area (Å²) in [6.45, 7) is 0. The Kier molecular flexibility index (Phi) is 3.65. The molecule has 1 aromatic rings. The van der Waals surface area contributed by atoms with Gasteiger partial charge in [0.25, 0.3) is 0 Å². The lowest BCUT2D eigenvalue weighted by Crippen LogP contribution is -2.31. The number of nitrogens with one attached hydrogen (secondary N) is 1. The smallest absolute Gasteiger partial charge is 0.314 e. The van der Waals surface area contributed by atoms with Crippen molar-refractivity contribution in [1.82, 2.24) is 15.2 Å². The Balaban J connectivity index is 2.15. The van der Waals surface area contributed by atoms with Crippen LogP contribution in [0.1, 0.15) is 37.4 Å². The number of rotatable bonds is 3. The van der Waals surface area contributed by atoms with Crippen molar-refractivity contribution < 1.29 is 18.7 Å². The minimum absolute atomic E-state index is 0.183. The van der Waals surface area contributed by atoms with E-state index in [4.69, 9.17) is 0 Å². The van der Waals surface area contributed by atoms with Gasteiger partial charge in [0.1, 0.15) is 11.7 Å². The van der Waals surface area contributed by atoms with E-state index >= 15 is 0 Å². The fourth-order valence-electron chi connectivity index (χ4n) is 2.33. The van der Waals surface area contributed by atoms with E-state index in [1.165, 1.54) is 0 Å². The van der Waals surface area contributed by atoms with E-state index in [1.807, 2.05) is 0 Å². The Labute approximate surface area is 110 Å². The zero-order chi connectivity index (χ0) is 13.3. The van der Waals surface area contributed by atoms with Crippen molar-refractivity contribution in [2.45, 2.75) is 37.5 Å². The third kappa shape index (κ3) is 2.85. The SMILES string of the molecule is O=C(O)C(c1nc(Br)n[nH]1)C1CCC(F)(F)CC1. The molecule has 18 heavy (non-hydrogen) atoms. The minimum atomic E-state index is -2.67. The van der Waals surface area contributed by atoms with Crippen molar-refractivity contribution in [2.24, 2.45) is 5.92 Å². The van der Waals surface area contributed by atoms with Gasteiger partial charge in [-0.25, -0.2) is 13.8 Å². The van der Waals surface area contributed by atoms with Crippen LogP contribution in [-0.2, 0) is 4.79 Å². The molecule has 0 radical (unpaired) electrons. The van der Waals surface area contributed by atoms with Gasteiger partial charge in [0, 0.05) is 12.8 Å². The molecule has 1 fully saturated rings. The molecule has 8 heteroatoms. The number of aliphatic carboxylic acids is 1. The number of halogens is 3. The summed E-state index contributed by atoms with van der Waals surface area (Å²) in [6, 6.07) is 0. The maximum absolute atomic E-state index is 13.1. The van der Waals surface area contributed by atoms with E-state index in [0.717, 1.165) is 0 Å². The molecule has 1 aromatic heterocycles. The molecule has 2 rings (SSSR count). The van der Waals surface area contributed by atoms with Crippen LogP contribution in [0.4, 0.5) is 8.78 Å².